The van der Waals surface area contributed by atoms with Gasteiger partial charge in [-0.25, -0.2) is 5.10 Å². The van der Waals surface area contributed by atoms with E-state index in [0.29, 0.717) is 0 Å². The Morgan fingerprint density at radius 2 is 2.50 bits per heavy atom. The average molecular weight is 161 g/mol. The summed E-state index contributed by atoms with van der Waals surface area (Å²) in [6.07, 6.45) is 1.29. The number of hydrogen-bond acceptors (Lipinski definition) is 4. The molecule has 54 valence electrons. The number of nitrogens with one attached hydrogen (secondary N) is 2. The first kappa shape index (κ1) is 7.04. The van der Waals surface area contributed by atoms with Crippen LogP contribution in [-0.4, -0.2) is 10.2 Å². The Kier molecular flexibility index (Phi) is 1.88. The minimum atomic E-state index is -0.435. The monoisotopic (exact) mass is 160 g/mol. The van der Waals surface area contributed by atoms with Crippen LogP contribution in [0.15, 0.2) is 11.0 Å². The van der Waals surface area contributed by atoms with Crippen LogP contribution in [0.5, 0.6) is 0 Å². The van der Waals surface area contributed by atoms with Gasteiger partial charge in [0.2, 0.25) is 0 Å². The van der Waals surface area contributed by atoms with Gasteiger partial charge >= 0.3 is 0 Å². The summed E-state index contributed by atoms with van der Waals surface area (Å²) in [5.74, 6) is 4.97. The van der Waals surface area contributed by atoms with Crippen LogP contribution in [-0.2, 0) is 0 Å². The maximum atomic E-state index is 10.7. The number of hydrogen-bond donors (Lipinski definition) is 3. The van der Waals surface area contributed by atoms with Gasteiger partial charge in [-0.1, -0.05) is 11.6 Å². The van der Waals surface area contributed by atoms with E-state index in [1.165, 1.54) is 6.20 Å². The number of anilines is 1. The third kappa shape index (κ3) is 1.09. The molecule has 0 aromatic carbocycles. The number of H-pyrrole nitrogens is 1. The molecule has 4 N–H and O–H groups in total. The molecule has 0 aliphatic rings. The zero-order valence-corrected chi connectivity index (χ0v) is 5.64. The van der Waals surface area contributed by atoms with Crippen molar-refractivity contribution in [3.63, 3.8) is 0 Å². The summed E-state index contributed by atoms with van der Waals surface area (Å²) in [7, 11) is 0. The highest BCUT2D eigenvalue weighted by Crippen LogP contribution is 2.11. The van der Waals surface area contributed by atoms with Gasteiger partial charge in [0, 0.05) is 0 Å². The van der Waals surface area contributed by atoms with E-state index in [1.54, 1.807) is 0 Å². The number of aromatic nitrogens is 2. The molecule has 0 amide bonds. The fourth-order valence-electron chi connectivity index (χ4n) is 0.511. The Labute approximate surface area is 61.2 Å². The van der Waals surface area contributed by atoms with Crippen LogP contribution in [0.25, 0.3) is 0 Å². The molecule has 0 aliphatic heterocycles. The molecule has 1 heterocycles. The molecule has 0 fully saturated rings. The standard InChI is InChI=1S/C4H5ClN4O/c5-2-1-7-9-4(10)3(2)8-6/h1H,6H2,(H,7,8)(H,9,10). The number of nitrogens with zero attached hydrogens (tertiary/aromatic N) is 1. The number of aromatic amines is 1. The second-order valence-corrected chi connectivity index (χ2v) is 1.97. The Morgan fingerprint density at radius 3 is 2.90 bits per heavy atom. The third-order valence-corrected chi connectivity index (χ3v) is 1.24. The molecule has 0 bridgehead atoms. The molecule has 0 unspecified atom stereocenters. The third-order valence-electron chi connectivity index (χ3n) is 0.954. The zero-order valence-electron chi connectivity index (χ0n) is 4.89. The Morgan fingerprint density at radius 1 is 1.80 bits per heavy atom. The molecule has 6 heteroatoms. The molecular weight excluding hydrogens is 156 g/mol. The van der Waals surface area contributed by atoms with Crippen molar-refractivity contribution in [2.75, 3.05) is 5.43 Å². The highest BCUT2D eigenvalue weighted by molar-refractivity contribution is 6.32. The molecule has 0 aliphatic carbocycles. The predicted octanol–water partition coefficient (Wildman–Crippen LogP) is -0.291. The molecule has 0 atom stereocenters. The van der Waals surface area contributed by atoms with Crippen molar-refractivity contribution < 1.29 is 0 Å². The largest absolute Gasteiger partial charge is 0.318 e. The van der Waals surface area contributed by atoms with Gasteiger partial charge in [0.05, 0.1) is 11.2 Å². The van der Waals surface area contributed by atoms with Gasteiger partial charge in [0.15, 0.2) is 0 Å². The van der Waals surface area contributed by atoms with Crippen LogP contribution < -0.4 is 16.8 Å². The highest BCUT2D eigenvalue weighted by atomic mass is 35.5. The summed E-state index contributed by atoms with van der Waals surface area (Å²) >= 11 is 5.50. The lowest BCUT2D eigenvalue weighted by Crippen LogP contribution is -2.19. The lowest BCUT2D eigenvalue weighted by atomic mass is 10.5. The highest BCUT2D eigenvalue weighted by Gasteiger charge is 2.01. The Bertz CT molecular complexity index is 283. The fourth-order valence-corrected chi connectivity index (χ4v) is 0.700. The summed E-state index contributed by atoms with van der Waals surface area (Å²) in [6.45, 7) is 0. The lowest BCUT2D eigenvalue weighted by molar-refractivity contribution is 0.986. The van der Waals surface area contributed by atoms with Crippen LogP contribution in [0.4, 0.5) is 5.69 Å². The first-order valence-electron chi connectivity index (χ1n) is 2.45. The fraction of sp³-hybridized carbons (Fsp3) is 0. The maximum Gasteiger partial charge on any atom is 0.290 e. The van der Waals surface area contributed by atoms with E-state index in [-0.39, 0.29) is 10.7 Å². The number of halogens is 1. The molecule has 1 rings (SSSR count). The molecule has 1 aromatic heterocycles. The van der Waals surface area contributed by atoms with Gasteiger partial charge in [-0.3, -0.25) is 10.6 Å². The van der Waals surface area contributed by atoms with Crippen molar-refractivity contribution in [2.45, 2.75) is 0 Å². The second kappa shape index (κ2) is 2.68. The van der Waals surface area contributed by atoms with Crippen LogP contribution in [0, 0.1) is 0 Å². The molecular formula is C4H5ClN4O. The van der Waals surface area contributed by atoms with Crippen molar-refractivity contribution in [3.05, 3.63) is 21.6 Å². The van der Waals surface area contributed by atoms with Gasteiger partial charge in [-0.05, 0) is 0 Å². The molecule has 0 saturated heterocycles. The van der Waals surface area contributed by atoms with Crippen LogP contribution in [0.3, 0.4) is 0 Å². The predicted molar refractivity (Wildman–Crippen MR) is 37.7 cm³/mol. The minimum Gasteiger partial charge on any atom is -0.318 e. The van der Waals surface area contributed by atoms with E-state index < -0.39 is 5.56 Å². The van der Waals surface area contributed by atoms with Crippen molar-refractivity contribution >= 4 is 17.3 Å². The Balaban J connectivity index is 3.31. The lowest BCUT2D eigenvalue weighted by Gasteiger charge is -1.97. The van der Waals surface area contributed by atoms with E-state index in [2.05, 4.69) is 15.6 Å². The SMILES string of the molecule is NNc1c(Cl)cn[nH]c1=O. The first-order valence-corrected chi connectivity index (χ1v) is 2.83. The van der Waals surface area contributed by atoms with Gasteiger partial charge in [0.1, 0.15) is 5.69 Å². The maximum absolute atomic E-state index is 10.7. The van der Waals surface area contributed by atoms with E-state index in [1.807, 2.05) is 0 Å². The van der Waals surface area contributed by atoms with E-state index in [9.17, 15) is 4.79 Å². The van der Waals surface area contributed by atoms with Gasteiger partial charge in [0.25, 0.3) is 5.56 Å². The quantitative estimate of drug-likeness (QED) is 0.389. The summed E-state index contributed by atoms with van der Waals surface area (Å²) in [5, 5.41) is 5.79. The van der Waals surface area contributed by atoms with E-state index >= 15 is 0 Å². The topological polar surface area (TPSA) is 83.8 Å². The van der Waals surface area contributed by atoms with Gasteiger partial charge < -0.3 is 5.43 Å². The van der Waals surface area contributed by atoms with Crippen molar-refractivity contribution in [1.82, 2.24) is 10.2 Å². The summed E-state index contributed by atoms with van der Waals surface area (Å²) in [6, 6.07) is 0. The van der Waals surface area contributed by atoms with E-state index in [4.69, 9.17) is 17.4 Å². The number of nitrogen functional groups attached to an aromatic ring is 1. The molecule has 0 saturated carbocycles. The molecule has 10 heavy (non-hydrogen) atoms. The van der Waals surface area contributed by atoms with Crippen molar-refractivity contribution in [3.8, 4) is 0 Å². The van der Waals surface area contributed by atoms with Crippen LogP contribution in [0.2, 0.25) is 5.02 Å². The number of nitrogens with two attached hydrogens (primary N) is 1. The normalized spacial score (nSPS) is 9.40. The smallest absolute Gasteiger partial charge is 0.290 e. The van der Waals surface area contributed by atoms with Crippen molar-refractivity contribution in [2.24, 2.45) is 5.84 Å². The van der Waals surface area contributed by atoms with E-state index in [0.717, 1.165) is 0 Å². The van der Waals surface area contributed by atoms with Gasteiger partial charge in [-0.15, -0.1) is 0 Å². The first-order chi connectivity index (χ1) is 4.75. The van der Waals surface area contributed by atoms with Crippen molar-refractivity contribution in [1.29, 1.82) is 0 Å². The van der Waals surface area contributed by atoms with Gasteiger partial charge in [-0.2, -0.15) is 5.10 Å². The summed E-state index contributed by atoms with van der Waals surface area (Å²) in [5.41, 5.74) is 1.83. The second-order valence-electron chi connectivity index (χ2n) is 1.57. The zero-order chi connectivity index (χ0) is 7.56. The molecule has 1 aromatic rings. The number of rotatable bonds is 1. The summed E-state index contributed by atoms with van der Waals surface area (Å²) in [4.78, 5) is 10.7. The molecule has 0 radical (unpaired) electrons. The number of hydrazine groups is 1. The summed E-state index contributed by atoms with van der Waals surface area (Å²) < 4.78 is 0. The Hall–Kier alpha value is -1.07. The average Bonchev–Trinajstić information content (AvgIpc) is 1.88. The van der Waals surface area contributed by atoms with Crippen LogP contribution >= 0.6 is 11.6 Å². The molecule has 0 spiro atoms. The molecule has 5 nitrogen and oxygen atoms in total. The minimum absolute atomic E-state index is 0.122. The van der Waals surface area contributed by atoms with Crippen LogP contribution in [0.1, 0.15) is 0 Å².